The van der Waals surface area contributed by atoms with E-state index in [9.17, 15) is 5.11 Å². The maximum atomic E-state index is 9.43. The maximum Gasteiger partial charge on any atom is 0.149 e. The van der Waals surface area contributed by atoms with Crippen molar-refractivity contribution in [3.63, 3.8) is 0 Å². The Bertz CT molecular complexity index is 555. The van der Waals surface area contributed by atoms with Gasteiger partial charge in [-0.25, -0.2) is 0 Å². The molecule has 0 aliphatic rings. The molecule has 2 rings (SSSR count). The molecular formula is C12H7Cl3O2. The Morgan fingerprint density at radius 3 is 2.41 bits per heavy atom. The van der Waals surface area contributed by atoms with E-state index in [0.717, 1.165) is 0 Å². The molecule has 0 spiro atoms. The van der Waals surface area contributed by atoms with Gasteiger partial charge in [0.1, 0.15) is 22.3 Å². The average molecular weight is 290 g/mol. The number of hydrogen-bond acceptors (Lipinski definition) is 2. The van der Waals surface area contributed by atoms with Gasteiger partial charge in [-0.3, -0.25) is 0 Å². The summed E-state index contributed by atoms with van der Waals surface area (Å²) in [5.41, 5.74) is 0. The fourth-order valence-corrected chi connectivity index (χ4v) is 1.87. The summed E-state index contributed by atoms with van der Waals surface area (Å²) in [6.07, 6.45) is 0. The first-order valence-corrected chi connectivity index (χ1v) is 5.81. The average Bonchev–Trinajstić information content (AvgIpc) is 2.28. The van der Waals surface area contributed by atoms with Crippen molar-refractivity contribution < 1.29 is 9.84 Å². The Morgan fingerprint density at radius 1 is 0.941 bits per heavy atom. The predicted molar refractivity (Wildman–Crippen MR) is 69.7 cm³/mol. The highest BCUT2D eigenvalue weighted by Crippen LogP contribution is 2.38. The van der Waals surface area contributed by atoms with E-state index in [4.69, 9.17) is 39.5 Å². The van der Waals surface area contributed by atoms with E-state index in [1.807, 2.05) is 0 Å². The SMILES string of the molecule is Oc1cccc(Oc2ccc(Cl)cc2Cl)c1Cl. The third-order valence-electron chi connectivity index (χ3n) is 2.06. The van der Waals surface area contributed by atoms with Gasteiger partial charge in [-0.1, -0.05) is 40.9 Å². The summed E-state index contributed by atoms with van der Waals surface area (Å²) in [4.78, 5) is 0. The van der Waals surface area contributed by atoms with Gasteiger partial charge in [0, 0.05) is 5.02 Å². The van der Waals surface area contributed by atoms with E-state index in [2.05, 4.69) is 0 Å². The molecule has 0 saturated carbocycles. The normalized spacial score (nSPS) is 10.3. The standard InChI is InChI=1S/C12H7Cl3O2/c13-7-4-5-10(8(14)6-7)17-11-3-1-2-9(16)12(11)15/h1-6,16H. The number of phenols is 1. The van der Waals surface area contributed by atoms with Crippen molar-refractivity contribution in [3.8, 4) is 17.2 Å². The summed E-state index contributed by atoms with van der Waals surface area (Å²) >= 11 is 17.6. The molecule has 0 amide bonds. The van der Waals surface area contributed by atoms with Crippen molar-refractivity contribution in [1.29, 1.82) is 0 Å². The van der Waals surface area contributed by atoms with E-state index >= 15 is 0 Å². The molecule has 2 aromatic carbocycles. The van der Waals surface area contributed by atoms with Crippen LogP contribution >= 0.6 is 34.8 Å². The van der Waals surface area contributed by atoms with Gasteiger partial charge in [-0.05, 0) is 30.3 Å². The number of phenolic OH excluding ortho intramolecular Hbond substituents is 1. The monoisotopic (exact) mass is 288 g/mol. The molecule has 0 fully saturated rings. The van der Waals surface area contributed by atoms with Crippen molar-refractivity contribution in [1.82, 2.24) is 0 Å². The number of rotatable bonds is 2. The Morgan fingerprint density at radius 2 is 1.71 bits per heavy atom. The van der Waals surface area contributed by atoms with E-state index in [-0.39, 0.29) is 10.8 Å². The summed E-state index contributed by atoms with van der Waals surface area (Å²) in [7, 11) is 0. The Labute approximate surface area is 113 Å². The summed E-state index contributed by atoms with van der Waals surface area (Å²) in [5, 5.41) is 10.5. The van der Waals surface area contributed by atoms with Gasteiger partial charge in [-0.15, -0.1) is 0 Å². The third-order valence-corrected chi connectivity index (χ3v) is 2.97. The molecule has 0 aliphatic carbocycles. The summed E-state index contributed by atoms with van der Waals surface area (Å²) in [5.74, 6) is 0.703. The third kappa shape index (κ3) is 2.78. The van der Waals surface area contributed by atoms with Crippen LogP contribution in [0, 0.1) is 0 Å². The van der Waals surface area contributed by atoms with Crippen LogP contribution in [0.5, 0.6) is 17.2 Å². The number of halogens is 3. The van der Waals surface area contributed by atoms with E-state index in [1.54, 1.807) is 30.3 Å². The van der Waals surface area contributed by atoms with E-state index in [1.165, 1.54) is 6.07 Å². The van der Waals surface area contributed by atoms with Gasteiger partial charge in [-0.2, -0.15) is 0 Å². The predicted octanol–water partition coefficient (Wildman–Crippen LogP) is 5.14. The second-order valence-electron chi connectivity index (χ2n) is 3.27. The highest BCUT2D eigenvalue weighted by molar-refractivity contribution is 6.35. The van der Waals surface area contributed by atoms with Crippen molar-refractivity contribution in [2.45, 2.75) is 0 Å². The van der Waals surface area contributed by atoms with Crippen molar-refractivity contribution in [2.24, 2.45) is 0 Å². The van der Waals surface area contributed by atoms with Gasteiger partial charge >= 0.3 is 0 Å². The lowest BCUT2D eigenvalue weighted by Crippen LogP contribution is -1.86. The molecule has 0 aliphatic heterocycles. The Kier molecular flexibility index (Phi) is 3.67. The lowest BCUT2D eigenvalue weighted by Gasteiger charge is -2.09. The minimum atomic E-state index is -0.0470. The van der Waals surface area contributed by atoms with Gasteiger partial charge in [0.15, 0.2) is 0 Å². The highest BCUT2D eigenvalue weighted by atomic mass is 35.5. The molecule has 0 bridgehead atoms. The van der Waals surface area contributed by atoms with Gasteiger partial charge in [0.05, 0.1) is 5.02 Å². The molecule has 0 aromatic heterocycles. The van der Waals surface area contributed by atoms with Crippen LogP contribution in [-0.2, 0) is 0 Å². The minimum absolute atomic E-state index is 0.0470. The summed E-state index contributed by atoms with van der Waals surface area (Å²) in [6, 6.07) is 9.58. The van der Waals surface area contributed by atoms with Crippen LogP contribution in [0.1, 0.15) is 0 Å². The Hall–Kier alpha value is -1.09. The zero-order valence-corrected chi connectivity index (χ0v) is 10.7. The molecule has 2 aromatic rings. The molecule has 0 atom stereocenters. The highest BCUT2D eigenvalue weighted by Gasteiger charge is 2.09. The van der Waals surface area contributed by atoms with Gasteiger partial charge in [0.2, 0.25) is 0 Å². The van der Waals surface area contributed by atoms with E-state index < -0.39 is 0 Å². The molecule has 0 saturated heterocycles. The lowest BCUT2D eigenvalue weighted by atomic mass is 10.3. The molecule has 0 heterocycles. The molecule has 2 nitrogen and oxygen atoms in total. The van der Waals surface area contributed by atoms with Crippen LogP contribution < -0.4 is 4.74 Å². The van der Waals surface area contributed by atoms with Gasteiger partial charge < -0.3 is 9.84 Å². The molecule has 1 N–H and O–H groups in total. The number of hydrogen-bond donors (Lipinski definition) is 1. The van der Waals surface area contributed by atoms with Crippen molar-refractivity contribution in [2.75, 3.05) is 0 Å². The van der Waals surface area contributed by atoms with Crippen LogP contribution in [0.4, 0.5) is 0 Å². The first kappa shape index (κ1) is 12.4. The number of aromatic hydroxyl groups is 1. The largest absolute Gasteiger partial charge is 0.506 e. The van der Waals surface area contributed by atoms with Crippen LogP contribution in [-0.4, -0.2) is 5.11 Å². The fraction of sp³-hybridized carbons (Fsp3) is 0. The molecule has 88 valence electrons. The first-order valence-electron chi connectivity index (χ1n) is 4.68. The summed E-state index contributed by atoms with van der Waals surface area (Å²) < 4.78 is 5.49. The minimum Gasteiger partial charge on any atom is -0.506 e. The fourth-order valence-electron chi connectivity index (χ4n) is 1.25. The smallest absolute Gasteiger partial charge is 0.149 e. The molecule has 5 heteroatoms. The second-order valence-corrected chi connectivity index (χ2v) is 4.49. The topological polar surface area (TPSA) is 29.5 Å². The lowest BCUT2D eigenvalue weighted by molar-refractivity contribution is 0.456. The van der Waals surface area contributed by atoms with Crippen LogP contribution in [0.2, 0.25) is 15.1 Å². The maximum absolute atomic E-state index is 9.43. The Balaban J connectivity index is 2.35. The van der Waals surface area contributed by atoms with Crippen LogP contribution in [0.15, 0.2) is 36.4 Å². The summed E-state index contributed by atoms with van der Waals surface area (Å²) in [6.45, 7) is 0. The molecular weight excluding hydrogens is 282 g/mol. The van der Waals surface area contributed by atoms with Crippen molar-refractivity contribution >= 4 is 34.8 Å². The quantitative estimate of drug-likeness (QED) is 0.829. The van der Waals surface area contributed by atoms with E-state index in [0.29, 0.717) is 21.5 Å². The van der Waals surface area contributed by atoms with Crippen LogP contribution in [0.3, 0.4) is 0 Å². The van der Waals surface area contributed by atoms with Crippen LogP contribution in [0.25, 0.3) is 0 Å². The second kappa shape index (κ2) is 5.05. The van der Waals surface area contributed by atoms with Crippen molar-refractivity contribution in [3.05, 3.63) is 51.5 Å². The van der Waals surface area contributed by atoms with Gasteiger partial charge in [0.25, 0.3) is 0 Å². The number of ether oxygens (including phenoxy) is 1. The number of benzene rings is 2. The molecule has 0 unspecified atom stereocenters. The first-order chi connectivity index (χ1) is 8.08. The zero-order chi connectivity index (χ0) is 12.4. The zero-order valence-electron chi connectivity index (χ0n) is 8.45. The molecule has 0 radical (unpaired) electrons. The molecule has 17 heavy (non-hydrogen) atoms.